The Morgan fingerprint density at radius 1 is 1.13 bits per heavy atom. The Morgan fingerprint density at radius 3 is 2.40 bits per heavy atom. The molecule has 5 nitrogen and oxygen atoms in total. The molecule has 0 unspecified atom stereocenters. The minimum absolute atomic E-state index is 0.0707. The first-order valence-corrected chi connectivity index (χ1v) is 9.07. The van der Waals surface area contributed by atoms with Gasteiger partial charge in [0.25, 0.3) is 5.56 Å². The van der Waals surface area contributed by atoms with Crippen LogP contribution in [0.2, 0.25) is 0 Å². The SMILES string of the molecule is CCOC(=O)c1ccc([C@H](C)n2[nH]c(-c3cc(C(F)(F)F)ccc3F)cc2=O)cc1. The molecule has 0 spiro atoms. The predicted molar refractivity (Wildman–Crippen MR) is 102 cm³/mol. The van der Waals surface area contributed by atoms with E-state index in [2.05, 4.69) is 5.10 Å². The summed E-state index contributed by atoms with van der Waals surface area (Å²) in [5.74, 6) is -1.36. The first-order valence-electron chi connectivity index (χ1n) is 9.07. The molecule has 0 aliphatic heterocycles. The van der Waals surface area contributed by atoms with E-state index in [-0.39, 0.29) is 17.9 Å². The quantitative estimate of drug-likeness (QED) is 0.475. The van der Waals surface area contributed by atoms with Crippen LogP contribution in [0.4, 0.5) is 17.6 Å². The number of rotatable bonds is 5. The van der Waals surface area contributed by atoms with Gasteiger partial charge in [-0.15, -0.1) is 0 Å². The summed E-state index contributed by atoms with van der Waals surface area (Å²) in [6, 6.07) is 8.87. The minimum Gasteiger partial charge on any atom is -0.462 e. The van der Waals surface area contributed by atoms with Gasteiger partial charge >= 0.3 is 12.1 Å². The second kappa shape index (κ2) is 8.17. The van der Waals surface area contributed by atoms with Gasteiger partial charge < -0.3 is 4.74 Å². The molecule has 0 saturated carbocycles. The van der Waals surface area contributed by atoms with E-state index in [1.165, 1.54) is 4.68 Å². The van der Waals surface area contributed by atoms with Gasteiger partial charge in [0.15, 0.2) is 0 Å². The molecule has 0 radical (unpaired) electrons. The van der Waals surface area contributed by atoms with Gasteiger partial charge in [-0.1, -0.05) is 12.1 Å². The van der Waals surface area contributed by atoms with Crippen molar-refractivity contribution in [2.45, 2.75) is 26.1 Å². The van der Waals surface area contributed by atoms with Gasteiger partial charge in [-0.25, -0.2) is 13.9 Å². The van der Waals surface area contributed by atoms with Crippen molar-refractivity contribution in [2.24, 2.45) is 0 Å². The maximum atomic E-state index is 14.1. The van der Waals surface area contributed by atoms with Crippen LogP contribution in [-0.2, 0) is 10.9 Å². The zero-order valence-corrected chi connectivity index (χ0v) is 16.1. The highest BCUT2D eigenvalue weighted by atomic mass is 19.4. The summed E-state index contributed by atoms with van der Waals surface area (Å²) in [5, 5.41) is 2.68. The topological polar surface area (TPSA) is 64.1 Å². The van der Waals surface area contributed by atoms with Crippen LogP contribution < -0.4 is 5.56 Å². The van der Waals surface area contributed by atoms with E-state index in [9.17, 15) is 27.2 Å². The first kappa shape index (κ1) is 21.4. The summed E-state index contributed by atoms with van der Waals surface area (Å²) >= 11 is 0. The number of aromatic amines is 1. The zero-order valence-electron chi connectivity index (χ0n) is 16.1. The van der Waals surface area contributed by atoms with Gasteiger partial charge in [-0.3, -0.25) is 9.89 Å². The molecule has 9 heteroatoms. The predicted octanol–water partition coefficient (Wildman–Crippen LogP) is 4.79. The fraction of sp³-hybridized carbons (Fsp3) is 0.238. The summed E-state index contributed by atoms with van der Waals surface area (Å²) in [4.78, 5) is 24.1. The lowest BCUT2D eigenvalue weighted by molar-refractivity contribution is -0.137. The number of halogens is 4. The van der Waals surface area contributed by atoms with Gasteiger partial charge in [0.1, 0.15) is 5.82 Å². The fourth-order valence-electron chi connectivity index (χ4n) is 3.01. The highest BCUT2D eigenvalue weighted by Crippen LogP contribution is 2.33. The number of hydrogen-bond donors (Lipinski definition) is 1. The Hall–Kier alpha value is -3.36. The zero-order chi connectivity index (χ0) is 22.1. The molecule has 1 heterocycles. The third-order valence-electron chi connectivity index (χ3n) is 4.62. The van der Waals surface area contributed by atoms with Crippen LogP contribution in [0, 0.1) is 5.82 Å². The van der Waals surface area contributed by atoms with E-state index in [4.69, 9.17) is 4.74 Å². The average Bonchev–Trinajstić information content (AvgIpc) is 3.08. The molecule has 0 amide bonds. The summed E-state index contributed by atoms with van der Waals surface area (Å²) in [6.07, 6.45) is -4.64. The van der Waals surface area contributed by atoms with Gasteiger partial charge in [0, 0.05) is 11.6 Å². The lowest BCUT2D eigenvalue weighted by atomic mass is 10.1. The number of esters is 1. The normalized spacial score (nSPS) is 12.6. The highest BCUT2D eigenvalue weighted by Gasteiger charge is 2.31. The molecule has 1 atom stereocenters. The molecule has 1 N–H and O–H groups in total. The monoisotopic (exact) mass is 422 g/mol. The minimum atomic E-state index is -4.64. The van der Waals surface area contributed by atoms with E-state index < -0.39 is 35.1 Å². The van der Waals surface area contributed by atoms with Crippen LogP contribution in [0.15, 0.2) is 53.3 Å². The second-order valence-corrected chi connectivity index (χ2v) is 6.59. The van der Waals surface area contributed by atoms with Crippen LogP contribution in [0.5, 0.6) is 0 Å². The van der Waals surface area contributed by atoms with Crippen LogP contribution in [0.25, 0.3) is 11.3 Å². The van der Waals surface area contributed by atoms with Crippen molar-refractivity contribution in [3.8, 4) is 11.3 Å². The van der Waals surface area contributed by atoms with E-state index in [1.807, 2.05) is 0 Å². The van der Waals surface area contributed by atoms with Crippen molar-refractivity contribution < 1.29 is 27.1 Å². The number of carbonyl (C=O) groups is 1. The van der Waals surface area contributed by atoms with Gasteiger partial charge in [-0.2, -0.15) is 13.2 Å². The van der Waals surface area contributed by atoms with Crippen molar-refractivity contribution in [2.75, 3.05) is 6.61 Å². The van der Waals surface area contributed by atoms with Crippen LogP contribution in [0.3, 0.4) is 0 Å². The fourth-order valence-corrected chi connectivity index (χ4v) is 3.01. The van der Waals surface area contributed by atoms with E-state index in [1.54, 1.807) is 38.1 Å². The van der Waals surface area contributed by atoms with Crippen LogP contribution in [-0.4, -0.2) is 22.4 Å². The molecule has 0 bridgehead atoms. The van der Waals surface area contributed by atoms with E-state index in [0.29, 0.717) is 29.3 Å². The Labute approximate surface area is 168 Å². The van der Waals surface area contributed by atoms with Crippen LogP contribution in [0.1, 0.15) is 41.4 Å². The Kier molecular flexibility index (Phi) is 5.82. The number of H-pyrrole nitrogens is 1. The van der Waals surface area contributed by atoms with Crippen molar-refractivity contribution in [3.63, 3.8) is 0 Å². The molecule has 158 valence electrons. The summed E-state index contributed by atoms with van der Waals surface area (Å²) in [6.45, 7) is 3.62. The number of aromatic nitrogens is 2. The molecule has 3 rings (SSSR count). The maximum absolute atomic E-state index is 14.1. The van der Waals surface area contributed by atoms with Crippen molar-refractivity contribution in [1.82, 2.24) is 9.78 Å². The first-order chi connectivity index (χ1) is 14.1. The smallest absolute Gasteiger partial charge is 0.416 e. The molecular weight excluding hydrogens is 404 g/mol. The lowest BCUT2D eigenvalue weighted by Crippen LogP contribution is -2.21. The molecule has 3 aromatic rings. The van der Waals surface area contributed by atoms with Crippen molar-refractivity contribution in [3.05, 3.63) is 81.4 Å². The number of carbonyl (C=O) groups excluding carboxylic acids is 1. The lowest BCUT2D eigenvalue weighted by Gasteiger charge is -2.14. The number of ether oxygens (including phenoxy) is 1. The second-order valence-electron chi connectivity index (χ2n) is 6.59. The maximum Gasteiger partial charge on any atom is 0.416 e. The van der Waals surface area contributed by atoms with Gasteiger partial charge in [-0.05, 0) is 49.7 Å². The number of benzene rings is 2. The third-order valence-corrected chi connectivity index (χ3v) is 4.62. The Balaban J connectivity index is 1.93. The number of nitrogens with one attached hydrogen (secondary N) is 1. The number of nitrogens with zero attached hydrogens (tertiary/aromatic N) is 1. The van der Waals surface area contributed by atoms with E-state index in [0.717, 1.165) is 6.07 Å². The van der Waals surface area contributed by atoms with Gasteiger partial charge in [0.2, 0.25) is 0 Å². The molecule has 2 aromatic carbocycles. The van der Waals surface area contributed by atoms with Crippen molar-refractivity contribution in [1.29, 1.82) is 0 Å². The van der Waals surface area contributed by atoms with Crippen LogP contribution >= 0.6 is 0 Å². The average molecular weight is 422 g/mol. The van der Waals surface area contributed by atoms with Gasteiger partial charge in [0.05, 0.1) is 29.5 Å². The molecule has 0 aliphatic rings. The molecule has 1 aromatic heterocycles. The molecule has 0 fully saturated rings. The molecule has 0 saturated heterocycles. The standard InChI is InChI=1S/C21H18F4N2O3/c1-3-30-20(29)14-6-4-13(5-7-14)12(2)27-19(28)11-18(26-27)16-10-15(21(23,24)25)8-9-17(16)22/h4-12,26H,3H2,1-2H3/t12-/m0/s1. The van der Waals surface area contributed by atoms with Crippen molar-refractivity contribution >= 4 is 5.97 Å². The Morgan fingerprint density at radius 2 is 1.80 bits per heavy atom. The largest absolute Gasteiger partial charge is 0.462 e. The number of hydrogen-bond acceptors (Lipinski definition) is 3. The Bertz CT molecular complexity index is 1110. The molecule has 0 aliphatic carbocycles. The third kappa shape index (κ3) is 4.29. The summed E-state index contributed by atoms with van der Waals surface area (Å²) in [5.41, 5.74) is -0.982. The molecular formula is C21H18F4N2O3. The number of alkyl halides is 3. The molecule has 30 heavy (non-hydrogen) atoms. The summed E-state index contributed by atoms with van der Waals surface area (Å²) in [7, 11) is 0. The van der Waals surface area contributed by atoms with E-state index >= 15 is 0 Å². The summed E-state index contributed by atoms with van der Waals surface area (Å²) < 4.78 is 59.1. The highest BCUT2D eigenvalue weighted by molar-refractivity contribution is 5.89.